The fraction of sp³-hybridized carbons (Fsp3) is 0.905. The first-order valence-electron chi connectivity index (χ1n) is 9.80. The van der Waals surface area contributed by atoms with Crippen molar-refractivity contribution in [2.45, 2.75) is 83.3 Å². The second kappa shape index (κ2) is 5.33. The van der Waals surface area contributed by atoms with Crippen LogP contribution in [0.2, 0.25) is 0 Å². The summed E-state index contributed by atoms with van der Waals surface area (Å²) < 4.78 is 11.9. The summed E-state index contributed by atoms with van der Waals surface area (Å²) in [6.07, 6.45) is 12.3. The molecule has 0 aromatic heterocycles. The van der Waals surface area contributed by atoms with Gasteiger partial charge in [0.15, 0.2) is 0 Å². The molecule has 3 saturated carbocycles. The highest BCUT2D eigenvalue weighted by Crippen LogP contribution is 2.71. The minimum absolute atomic E-state index is 0.141. The number of fused-ring (bicyclic) bond motifs is 2. The van der Waals surface area contributed by atoms with Gasteiger partial charge in [-0.05, 0) is 69.1 Å². The molecule has 0 unspecified atom stereocenters. The Balaban J connectivity index is 1.67. The largest absolute Gasteiger partial charge is 0.384 e. The molecule has 130 valence electrons. The predicted octanol–water partition coefficient (Wildman–Crippen LogP) is 5.12. The molecule has 2 nitrogen and oxygen atoms in total. The average Bonchev–Trinajstić information content (AvgIpc) is 2.92. The molecule has 0 aromatic rings. The summed E-state index contributed by atoms with van der Waals surface area (Å²) in [6.45, 7) is 10.3. The van der Waals surface area contributed by atoms with E-state index in [0.717, 1.165) is 18.9 Å². The van der Waals surface area contributed by atoms with E-state index in [1.807, 2.05) is 7.11 Å². The van der Waals surface area contributed by atoms with Gasteiger partial charge in [-0.25, -0.2) is 0 Å². The Hall–Kier alpha value is -0.340. The first-order valence-corrected chi connectivity index (χ1v) is 9.80. The molecular weight excluding hydrogens is 284 g/mol. The minimum Gasteiger partial charge on any atom is -0.384 e. The van der Waals surface area contributed by atoms with E-state index >= 15 is 0 Å². The smallest absolute Gasteiger partial charge is 0.0920 e. The number of allylic oxidation sites excluding steroid dienone is 1. The van der Waals surface area contributed by atoms with Crippen LogP contribution < -0.4 is 0 Å². The van der Waals surface area contributed by atoms with Crippen LogP contribution in [0.3, 0.4) is 0 Å². The lowest BCUT2D eigenvalue weighted by Crippen LogP contribution is -2.62. The Morgan fingerprint density at radius 3 is 2.61 bits per heavy atom. The predicted molar refractivity (Wildman–Crippen MR) is 93.4 cm³/mol. The number of hydrogen-bond acceptors (Lipinski definition) is 2. The molecule has 1 heterocycles. The molecule has 4 aliphatic rings. The van der Waals surface area contributed by atoms with Crippen molar-refractivity contribution < 1.29 is 9.47 Å². The summed E-state index contributed by atoms with van der Waals surface area (Å²) in [6, 6.07) is 0. The molecule has 1 aliphatic heterocycles. The maximum absolute atomic E-state index is 6.07. The van der Waals surface area contributed by atoms with Crippen LogP contribution in [0.4, 0.5) is 0 Å². The first-order chi connectivity index (χ1) is 11.0. The quantitative estimate of drug-likeness (QED) is 0.532. The SMILES string of the molecule is C=C1CC[C@@H]2O[C@]2(C)CC[C@]2(COC)[C@@H]1C[C@]2(C)C1CCCC1. The first kappa shape index (κ1) is 16.1. The second-order valence-electron chi connectivity index (χ2n) is 9.36. The van der Waals surface area contributed by atoms with Gasteiger partial charge in [-0.3, -0.25) is 0 Å². The number of ether oxygens (including phenoxy) is 2. The molecule has 0 spiro atoms. The van der Waals surface area contributed by atoms with Crippen molar-refractivity contribution in [1.82, 2.24) is 0 Å². The molecule has 0 N–H and O–H groups in total. The maximum atomic E-state index is 6.07. The summed E-state index contributed by atoms with van der Waals surface area (Å²) in [5, 5.41) is 0. The Morgan fingerprint density at radius 1 is 1.17 bits per heavy atom. The molecule has 4 rings (SSSR count). The van der Waals surface area contributed by atoms with Crippen LogP contribution in [-0.4, -0.2) is 25.4 Å². The van der Waals surface area contributed by atoms with Crippen LogP contribution in [-0.2, 0) is 9.47 Å². The van der Waals surface area contributed by atoms with Crippen molar-refractivity contribution in [2.24, 2.45) is 22.7 Å². The van der Waals surface area contributed by atoms with Crippen molar-refractivity contribution in [3.05, 3.63) is 12.2 Å². The monoisotopic (exact) mass is 318 g/mol. The van der Waals surface area contributed by atoms with Crippen LogP contribution in [0.25, 0.3) is 0 Å². The molecule has 1 saturated heterocycles. The number of methoxy groups -OCH3 is 1. The van der Waals surface area contributed by atoms with Gasteiger partial charge in [0.05, 0.1) is 18.3 Å². The summed E-state index contributed by atoms with van der Waals surface area (Å²) in [7, 11) is 1.90. The van der Waals surface area contributed by atoms with Crippen LogP contribution in [0, 0.1) is 22.7 Å². The lowest BCUT2D eigenvalue weighted by Gasteiger charge is -2.67. The Labute approximate surface area is 142 Å². The standard InChI is InChI=1S/C21H34O2/c1-15-9-10-18-20(3,23-18)11-12-21(14-22-4)17(15)13-19(21,2)16-7-5-6-8-16/h16-18H,1,5-14H2,2-4H3/t17-,18+,19-,20-,21+/m1/s1. The Morgan fingerprint density at radius 2 is 1.91 bits per heavy atom. The van der Waals surface area contributed by atoms with Crippen LogP contribution in [0.5, 0.6) is 0 Å². The Kier molecular flexibility index (Phi) is 3.74. The van der Waals surface area contributed by atoms with Gasteiger partial charge in [0, 0.05) is 12.5 Å². The maximum Gasteiger partial charge on any atom is 0.0920 e. The third-order valence-electron chi connectivity index (χ3n) is 8.41. The zero-order valence-corrected chi connectivity index (χ0v) is 15.3. The van der Waals surface area contributed by atoms with E-state index in [2.05, 4.69) is 20.4 Å². The zero-order valence-electron chi connectivity index (χ0n) is 15.3. The van der Waals surface area contributed by atoms with E-state index in [0.29, 0.717) is 22.9 Å². The van der Waals surface area contributed by atoms with Crippen LogP contribution >= 0.6 is 0 Å². The van der Waals surface area contributed by atoms with E-state index in [-0.39, 0.29) is 5.60 Å². The molecule has 0 amide bonds. The lowest BCUT2D eigenvalue weighted by molar-refractivity contribution is -0.191. The number of hydrogen-bond donors (Lipinski definition) is 0. The summed E-state index contributed by atoms with van der Waals surface area (Å²) >= 11 is 0. The molecular formula is C21H34O2. The fourth-order valence-electron chi connectivity index (χ4n) is 6.65. The van der Waals surface area contributed by atoms with Crippen LogP contribution in [0.1, 0.15) is 71.6 Å². The molecule has 0 aromatic carbocycles. The number of rotatable bonds is 3. The molecule has 3 aliphatic carbocycles. The van der Waals surface area contributed by atoms with E-state index in [1.165, 1.54) is 56.9 Å². The van der Waals surface area contributed by atoms with E-state index in [9.17, 15) is 0 Å². The lowest BCUT2D eigenvalue weighted by atomic mass is 9.38. The summed E-state index contributed by atoms with van der Waals surface area (Å²) in [4.78, 5) is 0. The minimum atomic E-state index is 0.141. The van der Waals surface area contributed by atoms with Crippen molar-refractivity contribution in [3.63, 3.8) is 0 Å². The fourth-order valence-corrected chi connectivity index (χ4v) is 6.65. The second-order valence-corrected chi connectivity index (χ2v) is 9.36. The molecule has 0 radical (unpaired) electrons. The third kappa shape index (κ3) is 2.20. The van der Waals surface area contributed by atoms with Gasteiger partial charge < -0.3 is 9.47 Å². The van der Waals surface area contributed by atoms with Crippen LogP contribution in [0.15, 0.2) is 12.2 Å². The summed E-state index contributed by atoms with van der Waals surface area (Å²) in [5.74, 6) is 1.57. The highest BCUT2D eigenvalue weighted by molar-refractivity contribution is 5.24. The topological polar surface area (TPSA) is 21.8 Å². The van der Waals surface area contributed by atoms with Crippen molar-refractivity contribution in [2.75, 3.05) is 13.7 Å². The van der Waals surface area contributed by atoms with E-state index in [4.69, 9.17) is 9.47 Å². The average molecular weight is 319 g/mol. The van der Waals surface area contributed by atoms with E-state index < -0.39 is 0 Å². The van der Waals surface area contributed by atoms with Crippen molar-refractivity contribution in [1.29, 1.82) is 0 Å². The molecule has 23 heavy (non-hydrogen) atoms. The molecule has 2 heteroatoms. The normalized spacial score (nSPS) is 50.3. The zero-order chi connectivity index (χ0) is 16.3. The van der Waals surface area contributed by atoms with Gasteiger partial charge in [-0.2, -0.15) is 0 Å². The molecule has 4 fully saturated rings. The van der Waals surface area contributed by atoms with E-state index in [1.54, 1.807) is 0 Å². The van der Waals surface area contributed by atoms with Crippen molar-refractivity contribution in [3.8, 4) is 0 Å². The number of epoxide rings is 1. The van der Waals surface area contributed by atoms with Gasteiger partial charge in [0.1, 0.15) is 0 Å². The Bertz CT molecular complexity index is 494. The van der Waals surface area contributed by atoms with Gasteiger partial charge in [-0.15, -0.1) is 0 Å². The molecule has 0 bridgehead atoms. The highest BCUT2D eigenvalue weighted by atomic mass is 16.6. The van der Waals surface area contributed by atoms with Gasteiger partial charge >= 0.3 is 0 Å². The van der Waals surface area contributed by atoms with Gasteiger partial charge in [-0.1, -0.05) is 31.9 Å². The third-order valence-corrected chi connectivity index (χ3v) is 8.41. The summed E-state index contributed by atoms with van der Waals surface area (Å²) in [5.41, 5.74) is 2.37. The van der Waals surface area contributed by atoms with Gasteiger partial charge in [0.2, 0.25) is 0 Å². The highest BCUT2D eigenvalue weighted by Gasteiger charge is 2.67. The molecule has 5 atom stereocenters. The van der Waals surface area contributed by atoms with Crippen molar-refractivity contribution >= 4 is 0 Å². The van der Waals surface area contributed by atoms with Gasteiger partial charge in [0.25, 0.3) is 0 Å².